The molecule has 1 aromatic carbocycles. The first-order valence-electron chi connectivity index (χ1n) is 4.40. The number of aryl methyl sites for hydroxylation is 2. The molecule has 72 valence electrons. The van der Waals surface area contributed by atoms with Gasteiger partial charge < -0.3 is 5.73 Å². The number of nitrogens with zero attached hydrogens (tertiary/aromatic N) is 3. The van der Waals surface area contributed by atoms with Gasteiger partial charge in [0.05, 0.1) is 11.4 Å². The van der Waals surface area contributed by atoms with Crippen molar-refractivity contribution < 1.29 is 0 Å². The van der Waals surface area contributed by atoms with Crippen LogP contribution in [-0.4, -0.2) is 14.8 Å². The highest BCUT2D eigenvalue weighted by Crippen LogP contribution is 2.21. The first-order valence-corrected chi connectivity index (χ1v) is 4.40. The molecule has 2 rings (SSSR count). The zero-order valence-corrected chi connectivity index (χ0v) is 8.23. The van der Waals surface area contributed by atoms with Gasteiger partial charge in [0, 0.05) is 0 Å². The third kappa shape index (κ3) is 1.35. The summed E-state index contributed by atoms with van der Waals surface area (Å²) < 4.78 is 1.81. The van der Waals surface area contributed by atoms with Crippen LogP contribution < -0.4 is 5.73 Å². The molecule has 0 aliphatic rings. The zero-order valence-electron chi connectivity index (χ0n) is 8.23. The smallest absolute Gasteiger partial charge is 0.123 e. The predicted molar refractivity (Wildman–Crippen MR) is 55.2 cm³/mol. The van der Waals surface area contributed by atoms with Crippen LogP contribution >= 0.6 is 0 Å². The Morgan fingerprint density at radius 1 is 1.07 bits per heavy atom. The van der Waals surface area contributed by atoms with E-state index >= 15 is 0 Å². The second-order valence-electron chi connectivity index (χ2n) is 3.36. The maximum absolute atomic E-state index is 5.91. The summed E-state index contributed by atoms with van der Waals surface area (Å²) >= 11 is 0. The molecule has 0 aliphatic heterocycles. The fraction of sp³-hybridized carbons (Fsp3) is 0.200. The van der Waals surface area contributed by atoms with E-state index in [-0.39, 0.29) is 0 Å². The van der Waals surface area contributed by atoms with Gasteiger partial charge in [0.25, 0.3) is 0 Å². The van der Waals surface area contributed by atoms with Gasteiger partial charge in [-0.05, 0) is 37.1 Å². The summed E-state index contributed by atoms with van der Waals surface area (Å²) in [6, 6.07) is 4.00. The van der Waals surface area contributed by atoms with Gasteiger partial charge in [-0.15, -0.1) is 10.2 Å². The van der Waals surface area contributed by atoms with Crippen molar-refractivity contribution in [3.05, 3.63) is 35.9 Å². The molecule has 0 unspecified atom stereocenters. The molecular formula is C10H12N4. The van der Waals surface area contributed by atoms with Crippen molar-refractivity contribution in [2.45, 2.75) is 13.8 Å². The molecule has 4 heteroatoms. The van der Waals surface area contributed by atoms with Crippen molar-refractivity contribution in [3.8, 4) is 5.69 Å². The number of benzene rings is 1. The highest BCUT2D eigenvalue weighted by molar-refractivity contribution is 5.60. The van der Waals surface area contributed by atoms with E-state index in [1.54, 1.807) is 12.7 Å². The van der Waals surface area contributed by atoms with Crippen molar-refractivity contribution in [2.24, 2.45) is 0 Å². The molecule has 4 nitrogen and oxygen atoms in total. The molecule has 0 aliphatic carbocycles. The molecule has 0 spiro atoms. The molecule has 2 aromatic rings. The van der Waals surface area contributed by atoms with E-state index in [1.807, 2.05) is 23.6 Å². The largest absolute Gasteiger partial charge is 0.397 e. The van der Waals surface area contributed by atoms with E-state index in [2.05, 4.69) is 17.1 Å². The number of hydrogen-bond acceptors (Lipinski definition) is 3. The highest BCUT2D eigenvalue weighted by Gasteiger charge is 2.03. The van der Waals surface area contributed by atoms with Crippen LogP contribution in [-0.2, 0) is 0 Å². The summed E-state index contributed by atoms with van der Waals surface area (Å²) in [5, 5.41) is 7.50. The molecule has 0 bridgehead atoms. The number of aromatic nitrogens is 3. The lowest BCUT2D eigenvalue weighted by molar-refractivity contribution is 1.05. The van der Waals surface area contributed by atoms with Crippen molar-refractivity contribution in [1.29, 1.82) is 0 Å². The van der Waals surface area contributed by atoms with Gasteiger partial charge in [-0.25, -0.2) is 0 Å². The Labute approximate surface area is 82.4 Å². The van der Waals surface area contributed by atoms with E-state index in [0.29, 0.717) is 0 Å². The lowest BCUT2D eigenvalue weighted by Gasteiger charge is -2.08. The van der Waals surface area contributed by atoms with Gasteiger partial charge in [-0.2, -0.15) is 0 Å². The van der Waals surface area contributed by atoms with Gasteiger partial charge in [-0.1, -0.05) is 0 Å². The molecule has 1 aromatic heterocycles. The summed E-state index contributed by atoms with van der Waals surface area (Å²) in [5.41, 5.74) is 9.98. The SMILES string of the molecule is Cc1cc(N)c(-n2cnnc2)cc1C. The van der Waals surface area contributed by atoms with Crippen LogP contribution in [0.25, 0.3) is 5.69 Å². The Bertz CT molecular complexity index is 445. The van der Waals surface area contributed by atoms with Crippen LogP contribution in [0.1, 0.15) is 11.1 Å². The molecule has 1 heterocycles. The fourth-order valence-electron chi connectivity index (χ4n) is 1.37. The number of rotatable bonds is 1. The van der Waals surface area contributed by atoms with E-state index in [0.717, 1.165) is 11.4 Å². The highest BCUT2D eigenvalue weighted by atomic mass is 15.2. The predicted octanol–water partition coefficient (Wildman–Crippen LogP) is 1.47. The van der Waals surface area contributed by atoms with E-state index in [9.17, 15) is 0 Å². The summed E-state index contributed by atoms with van der Waals surface area (Å²) in [6.07, 6.45) is 3.28. The standard InChI is InChI=1S/C10H12N4/c1-7-3-9(11)10(4-8(7)2)14-5-12-13-6-14/h3-6H,11H2,1-2H3. The lowest BCUT2D eigenvalue weighted by atomic mass is 10.1. The third-order valence-corrected chi connectivity index (χ3v) is 2.34. The van der Waals surface area contributed by atoms with Gasteiger partial charge >= 0.3 is 0 Å². The summed E-state index contributed by atoms with van der Waals surface area (Å²) in [5.74, 6) is 0. The Morgan fingerprint density at radius 2 is 1.64 bits per heavy atom. The molecule has 0 amide bonds. The van der Waals surface area contributed by atoms with Crippen LogP contribution in [0.5, 0.6) is 0 Å². The zero-order chi connectivity index (χ0) is 10.1. The van der Waals surface area contributed by atoms with Gasteiger partial charge in [0.1, 0.15) is 12.7 Å². The van der Waals surface area contributed by atoms with Crippen LogP contribution in [0, 0.1) is 13.8 Å². The average Bonchev–Trinajstić information content (AvgIpc) is 2.64. The number of anilines is 1. The van der Waals surface area contributed by atoms with Crippen LogP contribution in [0.3, 0.4) is 0 Å². The molecule has 0 saturated carbocycles. The topological polar surface area (TPSA) is 56.7 Å². The Morgan fingerprint density at radius 3 is 2.29 bits per heavy atom. The molecular weight excluding hydrogens is 176 g/mol. The molecule has 14 heavy (non-hydrogen) atoms. The van der Waals surface area contributed by atoms with Crippen LogP contribution in [0.4, 0.5) is 5.69 Å². The molecule has 0 atom stereocenters. The quantitative estimate of drug-likeness (QED) is 0.689. The van der Waals surface area contributed by atoms with Crippen molar-refractivity contribution in [1.82, 2.24) is 14.8 Å². The molecule has 2 N–H and O–H groups in total. The van der Waals surface area contributed by atoms with Crippen molar-refractivity contribution in [2.75, 3.05) is 5.73 Å². The number of nitrogen functional groups attached to an aromatic ring is 1. The number of nitrogens with two attached hydrogens (primary N) is 1. The lowest BCUT2D eigenvalue weighted by Crippen LogP contribution is -1.99. The normalized spacial score (nSPS) is 10.4. The average molecular weight is 188 g/mol. The molecule has 0 radical (unpaired) electrons. The Balaban J connectivity index is 2.60. The Hall–Kier alpha value is -1.84. The fourth-order valence-corrected chi connectivity index (χ4v) is 1.37. The third-order valence-electron chi connectivity index (χ3n) is 2.34. The molecule has 0 saturated heterocycles. The first kappa shape index (κ1) is 8.74. The maximum Gasteiger partial charge on any atom is 0.123 e. The minimum atomic E-state index is 0.743. The van der Waals surface area contributed by atoms with E-state index in [1.165, 1.54) is 11.1 Å². The minimum absolute atomic E-state index is 0.743. The van der Waals surface area contributed by atoms with Crippen LogP contribution in [0.15, 0.2) is 24.8 Å². The number of hydrogen-bond donors (Lipinski definition) is 1. The van der Waals surface area contributed by atoms with E-state index < -0.39 is 0 Å². The first-order chi connectivity index (χ1) is 6.68. The second-order valence-corrected chi connectivity index (χ2v) is 3.36. The molecule has 0 fully saturated rings. The van der Waals surface area contributed by atoms with Gasteiger partial charge in [0.2, 0.25) is 0 Å². The van der Waals surface area contributed by atoms with Crippen molar-refractivity contribution in [3.63, 3.8) is 0 Å². The summed E-state index contributed by atoms with van der Waals surface area (Å²) in [6.45, 7) is 4.10. The van der Waals surface area contributed by atoms with Crippen LogP contribution in [0.2, 0.25) is 0 Å². The second kappa shape index (κ2) is 3.14. The van der Waals surface area contributed by atoms with E-state index in [4.69, 9.17) is 5.73 Å². The minimum Gasteiger partial charge on any atom is -0.397 e. The van der Waals surface area contributed by atoms with Gasteiger partial charge in [0.15, 0.2) is 0 Å². The van der Waals surface area contributed by atoms with Crippen molar-refractivity contribution >= 4 is 5.69 Å². The maximum atomic E-state index is 5.91. The monoisotopic (exact) mass is 188 g/mol. The van der Waals surface area contributed by atoms with Gasteiger partial charge in [-0.3, -0.25) is 4.57 Å². The Kier molecular flexibility index (Phi) is 1.96. The summed E-state index contributed by atoms with van der Waals surface area (Å²) in [4.78, 5) is 0. The summed E-state index contributed by atoms with van der Waals surface area (Å²) in [7, 11) is 0.